The molecule has 0 radical (unpaired) electrons. The van der Waals surface area contributed by atoms with Gasteiger partial charge in [0, 0.05) is 24.2 Å². The van der Waals surface area contributed by atoms with Crippen LogP contribution in [0.1, 0.15) is 12.8 Å². The average Bonchev–Trinajstić information content (AvgIpc) is 2.97. The summed E-state index contributed by atoms with van der Waals surface area (Å²) in [4.78, 5) is 26.8. The van der Waals surface area contributed by atoms with Crippen LogP contribution in [0.4, 0.5) is 11.8 Å². The first-order chi connectivity index (χ1) is 9.72. The molecule has 1 aliphatic heterocycles. The van der Waals surface area contributed by atoms with Gasteiger partial charge >= 0.3 is 0 Å². The Bertz CT molecular complexity index is 649. The van der Waals surface area contributed by atoms with Gasteiger partial charge in [0.25, 0.3) is 5.56 Å². The summed E-state index contributed by atoms with van der Waals surface area (Å²) in [5, 5.41) is 0. The van der Waals surface area contributed by atoms with Gasteiger partial charge in [0.1, 0.15) is 5.82 Å². The predicted molar refractivity (Wildman–Crippen MR) is 79.1 cm³/mol. The van der Waals surface area contributed by atoms with Crippen LogP contribution >= 0.6 is 11.8 Å². The summed E-state index contributed by atoms with van der Waals surface area (Å²) >= 11 is 1.33. The van der Waals surface area contributed by atoms with Crippen LogP contribution in [0.15, 0.2) is 39.1 Å². The van der Waals surface area contributed by atoms with Crippen molar-refractivity contribution in [1.29, 1.82) is 0 Å². The fourth-order valence-electron chi connectivity index (χ4n) is 2.12. The molecular weight excluding hydrogens is 274 g/mol. The Morgan fingerprint density at radius 2 is 2.00 bits per heavy atom. The van der Waals surface area contributed by atoms with Gasteiger partial charge in [-0.1, -0.05) is 11.8 Å². The third kappa shape index (κ3) is 2.77. The monoisotopic (exact) mass is 289 g/mol. The van der Waals surface area contributed by atoms with Crippen molar-refractivity contribution in [3.05, 3.63) is 34.9 Å². The zero-order valence-corrected chi connectivity index (χ0v) is 11.7. The summed E-state index contributed by atoms with van der Waals surface area (Å²) in [6.45, 7) is 1.91. The number of nitrogens with one attached hydrogen (secondary N) is 1. The molecule has 2 aromatic rings. The van der Waals surface area contributed by atoms with Gasteiger partial charge in [-0.2, -0.15) is 0 Å². The molecule has 0 saturated carbocycles. The number of aromatic amines is 1. The Labute approximate surface area is 120 Å². The first-order valence-electron chi connectivity index (χ1n) is 6.46. The number of nitrogen functional groups attached to an aromatic ring is 1. The Morgan fingerprint density at radius 3 is 2.65 bits per heavy atom. The fraction of sp³-hybridized carbons (Fsp3) is 0.308. The highest BCUT2D eigenvalue weighted by molar-refractivity contribution is 7.99. The summed E-state index contributed by atoms with van der Waals surface area (Å²) in [5.74, 6) is 1.12. The molecule has 0 spiro atoms. The molecule has 0 amide bonds. The maximum Gasteiger partial charge on any atom is 0.266 e. The fourth-order valence-corrected chi connectivity index (χ4v) is 2.86. The number of pyridine rings is 1. The van der Waals surface area contributed by atoms with Gasteiger partial charge in [-0.05, 0) is 25.0 Å². The van der Waals surface area contributed by atoms with E-state index in [0.717, 1.165) is 30.8 Å². The van der Waals surface area contributed by atoms with Crippen molar-refractivity contribution in [2.24, 2.45) is 0 Å². The number of nitrogens with zero attached hydrogens (tertiary/aromatic N) is 3. The third-order valence-electron chi connectivity index (χ3n) is 3.15. The van der Waals surface area contributed by atoms with Gasteiger partial charge < -0.3 is 10.6 Å². The Hall–Kier alpha value is -2.02. The van der Waals surface area contributed by atoms with Crippen LogP contribution in [0.25, 0.3) is 0 Å². The van der Waals surface area contributed by atoms with Gasteiger partial charge in [-0.3, -0.25) is 9.78 Å². The van der Waals surface area contributed by atoms with E-state index in [-0.39, 0.29) is 5.56 Å². The maximum absolute atomic E-state index is 12.1. The molecule has 6 nitrogen and oxygen atoms in total. The minimum Gasteiger partial charge on any atom is -0.384 e. The van der Waals surface area contributed by atoms with Crippen molar-refractivity contribution in [3.8, 4) is 0 Å². The van der Waals surface area contributed by atoms with Crippen molar-refractivity contribution in [3.63, 3.8) is 0 Å². The Morgan fingerprint density at radius 1 is 1.20 bits per heavy atom. The minimum atomic E-state index is -0.122. The molecule has 0 aromatic carbocycles. The van der Waals surface area contributed by atoms with Gasteiger partial charge in [0.2, 0.25) is 5.95 Å². The zero-order chi connectivity index (χ0) is 13.9. The topological polar surface area (TPSA) is 87.9 Å². The summed E-state index contributed by atoms with van der Waals surface area (Å²) in [6.07, 6.45) is 5.57. The van der Waals surface area contributed by atoms with E-state index >= 15 is 0 Å². The predicted octanol–water partition coefficient (Wildman–Crippen LogP) is 1.50. The molecule has 0 unspecified atom stereocenters. The molecule has 1 aliphatic rings. The number of H-pyrrole nitrogens is 1. The largest absolute Gasteiger partial charge is 0.384 e. The molecule has 7 heteroatoms. The summed E-state index contributed by atoms with van der Waals surface area (Å²) < 4.78 is 0. The second-order valence-corrected chi connectivity index (χ2v) is 5.73. The van der Waals surface area contributed by atoms with Crippen molar-refractivity contribution in [1.82, 2.24) is 15.0 Å². The van der Waals surface area contributed by atoms with E-state index in [0.29, 0.717) is 16.7 Å². The molecule has 2 aromatic heterocycles. The quantitative estimate of drug-likeness (QED) is 0.890. The van der Waals surface area contributed by atoms with Crippen molar-refractivity contribution in [2.45, 2.75) is 22.6 Å². The maximum atomic E-state index is 12.1. The molecular formula is C13H15N5OS. The van der Waals surface area contributed by atoms with Crippen LogP contribution in [0, 0.1) is 0 Å². The normalized spacial score (nSPS) is 14.7. The smallest absolute Gasteiger partial charge is 0.266 e. The summed E-state index contributed by atoms with van der Waals surface area (Å²) in [7, 11) is 0. The molecule has 3 heterocycles. The van der Waals surface area contributed by atoms with E-state index < -0.39 is 0 Å². The molecule has 104 valence electrons. The molecule has 1 fully saturated rings. The molecule has 3 N–H and O–H groups in total. The highest BCUT2D eigenvalue weighted by Crippen LogP contribution is 2.24. The lowest BCUT2D eigenvalue weighted by Crippen LogP contribution is -2.24. The van der Waals surface area contributed by atoms with Gasteiger partial charge in [-0.15, -0.1) is 0 Å². The Balaban J connectivity index is 1.80. The first kappa shape index (κ1) is 13.0. The van der Waals surface area contributed by atoms with Crippen LogP contribution in [-0.4, -0.2) is 28.0 Å². The average molecular weight is 289 g/mol. The van der Waals surface area contributed by atoms with E-state index in [1.165, 1.54) is 11.8 Å². The van der Waals surface area contributed by atoms with Gasteiger partial charge in [-0.25, -0.2) is 9.97 Å². The second-order valence-electron chi connectivity index (χ2n) is 4.62. The molecule has 0 aliphatic carbocycles. The highest BCUT2D eigenvalue weighted by Gasteiger charge is 2.15. The molecule has 1 saturated heterocycles. The van der Waals surface area contributed by atoms with Crippen LogP contribution in [0.2, 0.25) is 0 Å². The van der Waals surface area contributed by atoms with Crippen LogP contribution in [0.5, 0.6) is 0 Å². The number of hydrogen-bond acceptors (Lipinski definition) is 6. The number of aromatic nitrogens is 3. The lowest BCUT2D eigenvalue weighted by Gasteiger charge is -2.15. The molecule has 3 rings (SSSR count). The summed E-state index contributed by atoms with van der Waals surface area (Å²) in [6, 6.07) is 3.55. The highest BCUT2D eigenvalue weighted by atomic mass is 32.2. The van der Waals surface area contributed by atoms with E-state index in [2.05, 4.69) is 19.9 Å². The van der Waals surface area contributed by atoms with Crippen LogP contribution in [-0.2, 0) is 0 Å². The second kappa shape index (κ2) is 5.54. The Kier molecular flexibility index (Phi) is 3.60. The van der Waals surface area contributed by atoms with Crippen LogP contribution in [0.3, 0.4) is 0 Å². The molecule has 0 bridgehead atoms. The molecule has 0 atom stereocenters. The summed E-state index contributed by atoms with van der Waals surface area (Å²) in [5.41, 5.74) is 5.41. The van der Waals surface area contributed by atoms with Gasteiger partial charge in [0.15, 0.2) is 0 Å². The van der Waals surface area contributed by atoms with E-state index in [1.54, 1.807) is 18.5 Å². The van der Waals surface area contributed by atoms with Gasteiger partial charge in [0.05, 0.1) is 11.1 Å². The standard InChI is InChI=1S/C13H15N5OS/c14-11-4-3-9(7-15-11)20-10-8-16-13(17-12(10)19)18-5-1-2-6-18/h3-4,7-8H,1-2,5-6H2,(H2,14,15)(H,16,17,19). The van der Waals surface area contributed by atoms with E-state index in [4.69, 9.17) is 5.73 Å². The number of rotatable bonds is 3. The van der Waals surface area contributed by atoms with E-state index in [9.17, 15) is 4.79 Å². The van der Waals surface area contributed by atoms with E-state index in [1.807, 2.05) is 6.07 Å². The molecule has 20 heavy (non-hydrogen) atoms. The first-order valence-corrected chi connectivity index (χ1v) is 7.28. The third-order valence-corrected chi connectivity index (χ3v) is 4.13. The number of hydrogen-bond donors (Lipinski definition) is 2. The lowest BCUT2D eigenvalue weighted by molar-refractivity contribution is 0.875. The van der Waals surface area contributed by atoms with Crippen LogP contribution < -0.4 is 16.2 Å². The van der Waals surface area contributed by atoms with Crippen molar-refractivity contribution < 1.29 is 0 Å². The number of nitrogens with two attached hydrogens (primary N) is 1. The number of anilines is 2. The zero-order valence-electron chi connectivity index (χ0n) is 10.9. The SMILES string of the molecule is Nc1ccc(Sc2cnc(N3CCCC3)[nH]c2=O)cn1. The van der Waals surface area contributed by atoms with Crippen molar-refractivity contribution in [2.75, 3.05) is 23.7 Å². The van der Waals surface area contributed by atoms with Crippen molar-refractivity contribution >= 4 is 23.5 Å². The minimum absolute atomic E-state index is 0.122. The lowest BCUT2D eigenvalue weighted by atomic mass is 10.4.